The molecule has 11 heteroatoms. The minimum absolute atomic E-state index is 0.00931. The van der Waals surface area contributed by atoms with Gasteiger partial charge in [0, 0.05) is 30.0 Å². The number of hydrogen-bond acceptors (Lipinski definition) is 8. The summed E-state index contributed by atoms with van der Waals surface area (Å²) < 4.78 is 34.8. The van der Waals surface area contributed by atoms with Gasteiger partial charge in [-0.05, 0) is 17.2 Å². The van der Waals surface area contributed by atoms with Crippen LogP contribution in [-0.2, 0) is 21.4 Å². The molecule has 25 heavy (non-hydrogen) atoms. The highest BCUT2D eigenvalue weighted by Gasteiger charge is 2.14. The summed E-state index contributed by atoms with van der Waals surface area (Å²) in [4.78, 5) is 14.6. The molecule has 0 radical (unpaired) electrons. The van der Waals surface area contributed by atoms with E-state index in [4.69, 9.17) is 17.3 Å². The summed E-state index contributed by atoms with van der Waals surface area (Å²) in [6.45, 7) is 1.44. The van der Waals surface area contributed by atoms with Crippen molar-refractivity contribution in [1.82, 2.24) is 9.36 Å². The Balaban J connectivity index is 2.03. The average molecular weight is 403 g/mol. The van der Waals surface area contributed by atoms with Crippen LogP contribution in [0.15, 0.2) is 24.3 Å². The fraction of sp³-hybridized carbons (Fsp3) is 0.214. The highest BCUT2D eigenvalue weighted by Crippen LogP contribution is 2.21. The molecule has 2 rings (SSSR count). The summed E-state index contributed by atoms with van der Waals surface area (Å²) in [7, 11) is -3.68. The number of sulfonamides is 1. The maximum atomic E-state index is 12.1. The van der Waals surface area contributed by atoms with Gasteiger partial charge in [-0.3, -0.25) is 9.52 Å². The van der Waals surface area contributed by atoms with Gasteiger partial charge < -0.3 is 10.5 Å². The molecule has 1 heterocycles. The molecule has 8 nitrogen and oxygen atoms in total. The summed E-state index contributed by atoms with van der Waals surface area (Å²) in [5.41, 5.74) is 7.13. The number of ether oxygens (including phenoxy) is 1. The second kappa shape index (κ2) is 8.39. The van der Waals surface area contributed by atoms with Gasteiger partial charge in [0.25, 0.3) is 0 Å². The Bertz CT molecular complexity index is 896. The average Bonchev–Trinajstić information content (AvgIpc) is 2.92. The molecule has 0 aliphatic carbocycles. The fourth-order valence-corrected chi connectivity index (χ4v) is 3.74. The minimum Gasteiger partial charge on any atom is -0.390 e. The lowest BCUT2D eigenvalue weighted by Gasteiger charge is -2.05. The van der Waals surface area contributed by atoms with E-state index in [-0.39, 0.29) is 23.4 Å². The predicted molar refractivity (Wildman–Crippen MR) is 97.0 cm³/mol. The Labute approximate surface area is 153 Å². The highest BCUT2D eigenvalue weighted by molar-refractivity contribution is 7.93. The van der Waals surface area contributed by atoms with Gasteiger partial charge in [0.1, 0.15) is 0 Å². The van der Waals surface area contributed by atoms with Gasteiger partial charge in [0.05, 0.1) is 5.75 Å². The van der Waals surface area contributed by atoms with E-state index in [0.717, 1.165) is 22.7 Å². The molecule has 0 unspecified atom stereocenters. The number of rotatable bonds is 7. The van der Waals surface area contributed by atoms with Crippen molar-refractivity contribution in [1.29, 1.82) is 0 Å². The summed E-state index contributed by atoms with van der Waals surface area (Å²) >= 11 is 6.82. The van der Waals surface area contributed by atoms with E-state index in [1.54, 1.807) is 24.3 Å². The summed E-state index contributed by atoms with van der Waals surface area (Å²) in [6, 6.07) is 5.07. The lowest BCUT2D eigenvalue weighted by Crippen LogP contribution is -2.15. The number of esters is 1. The van der Waals surface area contributed by atoms with E-state index in [0.29, 0.717) is 5.02 Å². The SMILES string of the molecule is CC(=O)Oc1nsc(NS(=O)(=O)CC=Cc2cccc(Cl)c2CN)n1. The van der Waals surface area contributed by atoms with Crippen molar-refractivity contribution in [3.05, 3.63) is 40.4 Å². The molecule has 0 saturated heterocycles. The van der Waals surface area contributed by atoms with E-state index < -0.39 is 16.0 Å². The third-order valence-corrected chi connectivity index (χ3v) is 5.09. The van der Waals surface area contributed by atoms with Crippen LogP contribution in [-0.4, -0.2) is 29.5 Å². The van der Waals surface area contributed by atoms with Crippen molar-refractivity contribution in [3.63, 3.8) is 0 Å². The van der Waals surface area contributed by atoms with Crippen molar-refractivity contribution in [2.24, 2.45) is 5.73 Å². The lowest BCUT2D eigenvalue weighted by molar-refractivity contribution is -0.132. The molecule has 0 aliphatic heterocycles. The monoisotopic (exact) mass is 402 g/mol. The lowest BCUT2D eigenvalue weighted by atomic mass is 10.1. The number of nitrogens with two attached hydrogens (primary N) is 1. The molecule has 0 saturated carbocycles. The normalized spacial score (nSPS) is 11.6. The Hall–Kier alpha value is -2.01. The fourth-order valence-electron chi connectivity index (χ4n) is 1.84. The molecule has 0 amide bonds. The molecule has 134 valence electrons. The Morgan fingerprint density at radius 3 is 2.92 bits per heavy atom. The number of anilines is 1. The van der Waals surface area contributed by atoms with Crippen molar-refractivity contribution < 1.29 is 17.9 Å². The van der Waals surface area contributed by atoms with Crippen LogP contribution in [0.5, 0.6) is 6.01 Å². The van der Waals surface area contributed by atoms with Gasteiger partial charge in [-0.25, -0.2) is 8.42 Å². The topological polar surface area (TPSA) is 124 Å². The maximum absolute atomic E-state index is 12.1. The standard InChI is InChI=1S/C14H15ClN4O4S2/c1-9(20)23-13-17-14(24-18-13)19-25(21,22)7-3-5-10-4-2-6-12(15)11(10)8-16/h2-6H,7-8,16H2,1H3,(H,17,18,19). The van der Waals surface area contributed by atoms with Crippen LogP contribution in [0, 0.1) is 0 Å². The molecule has 0 atom stereocenters. The minimum atomic E-state index is -3.68. The number of nitrogens with one attached hydrogen (secondary N) is 1. The molecule has 0 aliphatic rings. The Morgan fingerprint density at radius 2 is 2.24 bits per heavy atom. The van der Waals surface area contributed by atoms with Gasteiger partial charge in [-0.15, -0.1) is 4.37 Å². The van der Waals surface area contributed by atoms with E-state index in [1.807, 2.05) is 0 Å². The first kappa shape index (κ1) is 19.3. The van der Waals surface area contributed by atoms with Crippen LogP contribution in [0.4, 0.5) is 5.13 Å². The zero-order valence-electron chi connectivity index (χ0n) is 13.1. The first-order valence-electron chi connectivity index (χ1n) is 6.97. The molecule has 1 aromatic heterocycles. The third kappa shape index (κ3) is 5.78. The van der Waals surface area contributed by atoms with Gasteiger partial charge in [-0.2, -0.15) is 4.98 Å². The summed E-state index contributed by atoms with van der Waals surface area (Å²) in [5, 5.41) is 0.535. The third-order valence-electron chi connectivity index (χ3n) is 2.86. The largest absolute Gasteiger partial charge is 0.390 e. The number of hydrogen-bond donors (Lipinski definition) is 2. The first-order chi connectivity index (χ1) is 11.8. The predicted octanol–water partition coefficient (Wildman–Crippen LogP) is 2.03. The zero-order valence-corrected chi connectivity index (χ0v) is 15.5. The number of carbonyl (C=O) groups excluding carboxylic acids is 1. The highest BCUT2D eigenvalue weighted by atomic mass is 35.5. The number of carbonyl (C=O) groups is 1. The van der Waals surface area contributed by atoms with Crippen LogP contribution in [0.1, 0.15) is 18.1 Å². The van der Waals surface area contributed by atoms with Crippen LogP contribution >= 0.6 is 23.1 Å². The van der Waals surface area contributed by atoms with E-state index in [1.165, 1.54) is 13.0 Å². The second-order valence-corrected chi connectivity index (χ2v) is 7.70. The molecule has 1 aromatic carbocycles. The zero-order chi connectivity index (χ0) is 18.4. The smallest absolute Gasteiger partial charge is 0.338 e. The second-order valence-electron chi connectivity index (χ2n) is 4.77. The number of nitrogens with zero attached hydrogens (tertiary/aromatic N) is 2. The maximum Gasteiger partial charge on any atom is 0.338 e. The van der Waals surface area contributed by atoms with Gasteiger partial charge in [0.2, 0.25) is 15.2 Å². The van der Waals surface area contributed by atoms with E-state index >= 15 is 0 Å². The Morgan fingerprint density at radius 1 is 1.48 bits per heavy atom. The molecule has 0 spiro atoms. The van der Waals surface area contributed by atoms with Crippen LogP contribution in [0.2, 0.25) is 5.02 Å². The van der Waals surface area contributed by atoms with Crippen LogP contribution in [0.3, 0.4) is 0 Å². The van der Waals surface area contributed by atoms with Crippen LogP contribution < -0.4 is 15.2 Å². The molecule has 0 bridgehead atoms. The van der Waals surface area contributed by atoms with E-state index in [2.05, 4.69) is 18.8 Å². The van der Waals surface area contributed by atoms with Crippen molar-refractivity contribution in [3.8, 4) is 6.01 Å². The Kier molecular flexibility index (Phi) is 6.48. The van der Waals surface area contributed by atoms with Gasteiger partial charge >= 0.3 is 12.0 Å². The summed E-state index contributed by atoms with van der Waals surface area (Å²) in [6.07, 6.45) is 3.11. The molecule has 3 N–H and O–H groups in total. The van der Waals surface area contributed by atoms with Crippen molar-refractivity contribution in [2.75, 3.05) is 10.5 Å². The van der Waals surface area contributed by atoms with Crippen LogP contribution in [0.25, 0.3) is 6.08 Å². The first-order valence-corrected chi connectivity index (χ1v) is 9.77. The van der Waals surface area contributed by atoms with Gasteiger partial charge in [0.15, 0.2) is 0 Å². The number of halogens is 1. The molecular weight excluding hydrogens is 388 g/mol. The molecular formula is C14H15ClN4O4S2. The van der Waals surface area contributed by atoms with Crippen molar-refractivity contribution >= 4 is 50.3 Å². The van der Waals surface area contributed by atoms with Crippen molar-refractivity contribution in [2.45, 2.75) is 13.5 Å². The molecule has 0 fully saturated rings. The molecule has 2 aromatic rings. The summed E-state index contributed by atoms with van der Waals surface area (Å²) in [5.74, 6) is -0.876. The van der Waals surface area contributed by atoms with Gasteiger partial charge in [-0.1, -0.05) is 35.9 Å². The van der Waals surface area contributed by atoms with E-state index in [9.17, 15) is 13.2 Å². The number of aromatic nitrogens is 2. The number of benzene rings is 1. The quantitative estimate of drug-likeness (QED) is 0.679.